The van der Waals surface area contributed by atoms with Crippen LogP contribution in [0.1, 0.15) is 36.8 Å². The highest BCUT2D eigenvalue weighted by Gasteiger charge is 2.33. The molecule has 3 N–H and O–H groups in total. The number of phenols is 1. The number of fused-ring (bicyclic) bond motifs is 1. The van der Waals surface area contributed by atoms with Crippen molar-refractivity contribution in [2.24, 2.45) is 9.98 Å². The predicted molar refractivity (Wildman–Crippen MR) is 192 cm³/mol. The minimum Gasteiger partial charge on any atom is -0.506 e. The van der Waals surface area contributed by atoms with E-state index >= 15 is 0 Å². The van der Waals surface area contributed by atoms with Gasteiger partial charge in [-0.25, -0.2) is 20.1 Å². The van der Waals surface area contributed by atoms with Crippen molar-refractivity contribution < 1.29 is 33.9 Å². The van der Waals surface area contributed by atoms with E-state index in [1.165, 1.54) is 12.0 Å². The molecule has 2 aromatic carbocycles. The van der Waals surface area contributed by atoms with Gasteiger partial charge in [0.05, 0.1) is 40.4 Å². The number of hydrogen-bond acceptors (Lipinski definition) is 9. The molecule has 0 spiro atoms. The first kappa shape index (κ1) is 37.2. The van der Waals surface area contributed by atoms with Gasteiger partial charge in [-0.1, -0.05) is 18.2 Å². The van der Waals surface area contributed by atoms with Gasteiger partial charge in [-0.15, -0.1) is 0 Å². The number of hydrogen-bond donors (Lipinski definition) is 3. The predicted octanol–water partition coefficient (Wildman–Crippen LogP) is 4.08. The summed E-state index contributed by atoms with van der Waals surface area (Å²) in [5, 5.41) is 13.2. The summed E-state index contributed by atoms with van der Waals surface area (Å²) in [7, 11) is 1.39. The largest absolute Gasteiger partial charge is 0.506 e. The number of ether oxygens (including phenoxy) is 1. The highest BCUT2D eigenvalue weighted by molar-refractivity contribution is 9.11. The highest BCUT2D eigenvalue weighted by atomic mass is 79.9. The number of carbonyl (C=O) groups excluding carboxylic acids is 4. The summed E-state index contributed by atoms with van der Waals surface area (Å²) in [5.74, 6) is 4.10. The van der Waals surface area contributed by atoms with E-state index in [0.29, 0.717) is 72.9 Å². The summed E-state index contributed by atoms with van der Waals surface area (Å²) >= 11 is 6.61. The summed E-state index contributed by atoms with van der Waals surface area (Å²) in [5.41, 5.74) is 4.82. The SMILES string of the molecule is CONC(=O)CN1CCC(N=C=C=NC(=O)[C@@H](Cc2cc(Br)c(O)c(Br)c2)OC(=O)N2CCC(N3CCc4ccccc4NC3=O)CC2)CC1. The van der Waals surface area contributed by atoms with Crippen LogP contribution in [0.2, 0.25) is 0 Å². The van der Waals surface area contributed by atoms with Gasteiger partial charge >= 0.3 is 12.1 Å². The highest BCUT2D eigenvalue weighted by Crippen LogP contribution is 2.34. The number of nitrogens with zero attached hydrogens (tertiary/aromatic N) is 5. The molecule has 2 fully saturated rings. The van der Waals surface area contributed by atoms with Crippen LogP contribution in [0.3, 0.4) is 0 Å². The zero-order valence-corrected chi connectivity index (χ0v) is 30.7. The molecule has 1 atom stereocenters. The number of aromatic hydroxyl groups is 1. The second-order valence-corrected chi connectivity index (χ2v) is 14.0. The van der Waals surface area contributed by atoms with Crippen molar-refractivity contribution in [1.29, 1.82) is 0 Å². The fraction of sp³-hybridized carbons (Fsp3) is 0.471. The Morgan fingerprint density at radius 3 is 2.44 bits per heavy atom. The number of urea groups is 1. The average molecular weight is 818 g/mol. The van der Waals surface area contributed by atoms with Crippen molar-refractivity contribution in [2.75, 3.05) is 51.7 Å². The Bertz CT molecular complexity index is 1660. The van der Waals surface area contributed by atoms with Crippen molar-refractivity contribution in [3.05, 3.63) is 56.5 Å². The topological polar surface area (TPSA) is 165 Å². The molecular weight excluding hydrogens is 778 g/mol. The van der Waals surface area contributed by atoms with Gasteiger partial charge in [-0.2, -0.15) is 4.99 Å². The van der Waals surface area contributed by atoms with E-state index in [2.05, 4.69) is 69.2 Å². The maximum atomic E-state index is 13.4. The molecule has 3 aliphatic rings. The molecule has 266 valence electrons. The number of phenolic OH excluding ortho intramolecular Hbond substituents is 1. The standard InChI is InChI=1S/C34H39Br2N7O7/c1-49-40-30(44)21-41-13-7-24(8-14-41)37-11-12-38-32(46)29(20-22-18-26(35)31(45)27(36)19-22)50-34(48)42-15-9-25(10-16-42)43-17-6-23-4-2-3-5-28(23)39-33(43)47/h2-5,18-19,24-25,29,45H,6-10,13-17,20-21H2,1H3,(H,39,47)(H,40,44)/t29-/m1/s1. The lowest BCUT2D eigenvalue weighted by Gasteiger charge is -2.37. The molecule has 0 aromatic heterocycles. The van der Waals surface area contributed by atoms with Crippen LogP contribution in [0.25, 0.3) is 0 Å². The molecule has 0 saturated carbocycles. The van der Waals surface area contributed by atoms with Crippen molar-refractivity contribution in [1.82, 2.24) is 20.2 Å². The number of piperidine rings is 2. The molecule has 3 aliphatic heterocycles. The van der Waals surface area contributed by atoms with Crippen LogP contribution >= 0.6 is 31.9 Å². The normalized spacial score (nSPS) is 17.7. The number of hydroxylamine groups is 1. The van der Waals surface area contributed by atoms with E-state index in [1.807, 2.05) is 34.1 Å². The summed E-state index contributed by atoms with van der Waals surface area (Å²) in [6.07, 6.45) is 1.29. The summed E-state index contributed by atoms with van der Waals surface area (Å²) in [4.78, 5) is 69.6. The van der Waals surface area contributed by atoms with E-state index in [1.54, 1.807) is 12.1 Å². The van der Waals surface area contributed by atoms with Crippen LogP contribution in [0.15, 0.2) is 55.3 Å². The molecule has 0 radical (unpaired) electrons. The minimum atomic E-state index is -1.28. The summed E-state index contributed by atoms with van der Waals surface area (Å²) < 4.78 is 6.56. The fourth-order valence-corrected chi connectivity index (χ4v) is 7.53. The van der Waals surface area contributed by atoms with E-state index in [0.717, 1.165) is 17.7 Å². The number of rotatable bonds is 9. The molecule has 3 heterocycles. The number of amides is 5. The average Bonchev–Trinajstić information content (AvgIpc) is 3.27. The van der Waals surface area contributed by atoms with E-state index in [9.17, 15) is 24.3 Å². The molecule has 0 unspecified atom stereocenters. The van der Waals surface area contributed by atoms with Gasteiger partial charge in [0.1, 0.15) is 5.75 Å². The zero-order chi connectivity index (χ0) is 35.6. The van der Waals surface area contributed by atoms with Crippen molar-refractivity contribution in [2.45, 2.75) is 56.7 Å². The molecular formula is C34H39Br2N7O7. The number of carbonyl (C=O) groups is 4. The number of para-hydroxylation sites is 1. The Labute approximate surface area is 306 Å². The van der Waals surface area contributed by atoms with Gasteiger partial charge < -0.3 is 25.0 Å². The molecule has 0 aliphatic carbocycles. The van der Waals surface area contributed by atoms with Crippen molar-refractivity contribution in [3.63, 3.8) is 0 Å². The Kier molecular flexibility index (Phi) is 13.2. The van der Waals surface area contributed by atoms with Crippen molar-refractivity contribution in [3.8, 4) is 5.75 Å². The second-order valence-electron chi connectivity index (χ2n) is 12.3. The van der Waals surface area contributed by atoms with Gasteiger partial charge in [0.2, 0.25) is 0 Å². The molecule has 14 nitrogen and oxygen atoms in total. The van der Waals surface area contributed by atoms with Crippen LogP contribution < -0.4 is 10.8 Å². The lowest BCUT2D eigenvalue weighted by atomic mass is 10.0. The number of halogens is 2. The first-order valence-electron chi connectivity index (χ1n) is 16.4. The maximum Gasteiger partial charge on any atom is 0.410 e. The van der Waals surface area contributed by atoms with Crippen LogP contribution in [-0.2, 0) is 32.0 Å². The minimum absolute atomic E-state index is 0.000274. The molecule has 2 aromatic rings. The molecule has 50 heavy (non-hydrogen) atoms. The van der Waals surface area contributed by atoms with Crippen LogP contribution in [0, 0.1) is 0 Å². The Hall–Kier alpha value is -4.04. The van der Waals surface area contributed by atoms with E-state index < -0.39 is 18.1 Å². The van der Waals surface area contributed by atoms with Gasteiger partial charge in [-0.3, -0.25) is 19.3 Å². The molecule has 16 heteroatoms. The molecule has 0 bridgehead atoms. The molecule has 2 saturated heterocycles. The van der Waals surface area contributed by atoms with Gasteiger partial charge in [0.15, 0.2) is 6.10 Å². The Morgan fingerprint density at radius 2 is 1.74 bits per heavy atom. The monoisotopic (exact) mass is 815 g/mol. The third-order valence-corrected chi connectivity index (χ3v) is 10.1. The lowest BCUT2D eigenvalue weighted by Crippen LogP contribution is -2.50. The number of benzene rings is 2. The van der Waals surface area contributed by atoms with Crippen molar-refractivity contribution >= 4 is 73.2 Å². The Morgan fingerprint density at radius 1 is 1.04 bits per heavy atom. The number of likely N-dealkylation sites (tertiary alicyclic amines) is 2. The van der Waals surface area contributed by atoms with Gasteiger partial charge in [0.25, 0.3) is 11.8 Å². The summed E-state index contributed by atoms with van der Waals surface area (Å²) in [6.45, 7) is 2.83. The second kappa shape index (κ2) is 17.8. The van der Waals surface area contributed by atoms with E-state index in [-0.39, 0.29) is 42.7 Å². The van der Waals surface area contributed by atoms with Gasteiger partial charge in [-0.05, 0) is 93.3 Å². The quantitative estimate of drug-likeness (QED) is 0.252. The van der Waals surface area contributed by atoms with Crippen LogP contribution in [0.5, 0.6) is 5.75 Å². The third-order valence-electron chi connectivity index (χ3n) is 8.93. The Balaban J connectivity index is 1.20. The van der Waals surface area contributed by atoms with E-state index in [4.69, 9.17) is 4.74 Å². The fourth-order valence-electron chi connectivity index (χ4n) is 6.25. The summed E-state index contributed by atoms with van der Waals surface area (Å²) in [6, 6.07) is 10.8. The first-order valence-corrected chi connectivity index (χ1v) is 18.0. The maximum absolute atomic E-state index is 13.4. The zero-order valence-electron chi connectivity index (χ0n) is 27.6. The number of anilines is 1. The molecule has 5 rings (SSSR count). The third kappa shape index (κ3) is 10.0. The first-order chi connectivity index (χ1) is 24.1. The number of nitrogens with one attached hydrogen (secondary N) is 2. The molecule has 5 amide bonds. The lowest BCUT2D eigenvalue weighted by molar-refractivity contribution is -0.132. The van der Waals surface area contributed by atoms with Crippen LogP contribution in [0.4, 0.5) is 15.3 Å². The van der Waals surface area contributed by atoms with Crippen LogP contribution in [-0.4, -0.2) is 120 Å². The number of aliphatic imine (C=N–C) groups is 2. The smallest absolute Gasteiger partial charge is 0.410 e. The van der Waals surface area contributed by atoms with Gasteiger partial charge in [0, 0.05) is 50.9 Å².